The molecule has 2 N–H and O–H groups in total. The van der Waals surface area contributed by atoms with E-state index in [1.165, 1.54) is 24.1 Å². The first-order valence-corrected chi connectivity index (χ1v) is 6.15. The summed E-state index contributed by atoms with van der Waals surface area (Å²) in [7, 11) is 0. The van der Waals surface area contributed by atoms with E-state index in [1.54, 1.807) is 0 Å². The fraction of sp³-hybridized carbons (Fsp3) is 0.538. The van der Waals surface area contributed by atoms with Crippen LogP contribution in [0.2, 0.25) is 0 Å². The van der Waals surface area contributed by atoms with Gasteiger partial charge in [-0.1, -0.05) is 0 Å². The zero-order chi connectivity index (χ0) is 10.8. The van der Waals surface area contributed by atoms with E-state index in [4.69, 9.17) is 4.74 Å². The summed E-state index contributed by atoms with van der Waals surface area (Å²) < 4.78 is 5.82. The zero-order valence-corrected chi connectivity index (χ0v) is 9.46. The summed E-state index contributed by atoms with van der Waals surface area (Å²) in [4.78, 5) is 0. The quantitative estimate of drug-likeness (QED) is 0.811. The average molecular weight is 218 g/mol. The SMILES string of the molecule is c1cc2c(cc1OCC1CCCN1)CCN2. The second-order valence-corrected chi connectivity index (χ2v) is 4.60. The predicted molar refractivity (Wildman–Crippen MR) is 65.2 cm³/mol. The Morgan fingerprint density at radius 3 is 3.19 bits per heavy atom. The molecule has 86 valence electrons. The summed E-state index contributed by atoms with van der Waals surface area (Å²) >= 11 is 0. The lowest BCUT2D eigenvalue weighted by Gasteiger charge is -2.12. The summed E-state index contributed by atoms with van der Waals surface area (Å²) in [5, 5.41) is 6.80. The van der Waals surface area contributed by atoms with E-state index in [0.29, 0.717) is 6.04 Å². The molecule has 3 rings (SSSR count). The summed E-state index contributed by atoms with van der Waals surface area (Å²) in [6.45, 7) is 3.00. The number of anilines is 1. The Balaban J connectivity index is 1.61. The van der Waals surface area contributed by atoms with Gasteiger partial charge in [0.05, 0.1) is 0 Å². The van der Waals surface area contributed by atoms with Gasteiger partial charge in [0.15, 0.2) is 0 Å². The van der Waals surface area contributed by atoms with E-state index in [1.807, 2.05) is 0 Å². The normalized spacial score (nSPS) is 22.9. The minimum atomic E-state index is 0.548. The molecule has 1 atom stereocenters. The summed E-state index contributed by atoms with van der Waals surface area (Å²) in [6, 6.07) is 6.90. The van der Waals surface area contributed by atoms with Gasteiger partial charge in [0, 0.05) is 18.3 Å². The van der Waals surface area contributed by atoms with Crippen LogP contribution in [0.4, 0.5) is 5.69 Å². The number of ether oxygens (including phenoxy) is 1. The molecule has 1 fully saturated rings. The van der Waals surface area contributed by atoms with Crippen LogP contribution >= 0.6 is 0 Å². The smallest absolute Gasteiger partial charge is 0.119 e. The fourth-order valence-corrected chi connectivity index (χ4v) is 2.47. The molecule has 16 heavy (non-hydrogen) atoms. The van der Waals surface area contributed by atoms with Crippen LogP contribution in [0.3, 0.4) is 0 Å². The molecule has 0 radical (unpaired) electrons. The van der Waals surface area contributed by atoms with Crippen LogP contribution in [0, 0.1) is 0 Å². The molecular weight excluding hydrogens is 200 g/mol. The van der Waals surface area contributed by atoms with Gasteiger partial charge in [-0.3, -0.25) is 0 Å². The van der Waals surface area contributed by atoms with Crippen LogP contribution in [0.5, 0.6) is 5.75 Å². The highest BCUT2D eigenvalue weighted by molar-refractivity contribution is 5.57. The maximum atomic E-state index is 5.82. The molecule has 0 bridgehead atoms. The maximum absolute atomic E-state index is 5.82. The lowest BCUT2D eigenvalue weighted by molar-refractivity contribution is 0.277. The second-order valence-electron chi connectivity index (χ2n) is 4.60. The Labute approximate surface area is 96.2 Å². The third-order valence-corrected chi connectivity index (χ3v) is 3.40. The molecule has 2 heterocycles. The number of benzene rings is 1. The van der Waals surface area contributed by atoms with E-state index in [-0.39, 0.29) is 0 Å². The van der Waals surface area contributed by atoms with Crippen LogP contribution in [-0.2, 0) is 6.42 Å². The van der Waals surface area contributed by atoms with Crippen molar-refractivity contribution in [3.05, 3.63) is 23.8 Å². The van der Waals surface area contributed by atoms with Gasteiger partial charge in [0.2, 0.25) is 0 Å². The van der Waals surface area contributed by atoms with Crippen molar-refractivity contribution in [1.29, 1.82) is 0 Å². The van der Waals surface area contributed by atoms with Crippen LogP contribution < -0.4 is 15.4 Å². The summed E-state index contributed by atoms with van der Waals surface area (Å²) in [5.74, 6) is 1.01. The van der Waals surface area contributed by atoms with Crippen LogP contribution in [0.15, 0.2) is 18.2 Å². The molecule has 0 aliphatic carbocycles. The number of fused-ring (bicyclic) bond motifs is 1. The minimum Gasteiger partial charge on any atom is -0.492 e. The molecular formula is C13H18N2O. The molecule has 1 aromatic rings. The molecule has 1 unspecified atom stereocenters. The van der Waals surface area contributed by atoms with Gasteiger partial charge < -0.3 is 15.4 Å². The van der Waals surface area contributed by atoms with Crippen molar-refractivity contribution in [3.8, 4) is 5.75 Å². The number of hydrogen-bond donors (Lipinski definition) is 2. The van der Waals surface area contributed by atoms with E-state index in [9.17, 15) is 0 Å². The second kappa shape index (κ2) is 4.34. The van der Waals surface area contributed by atoms with Gasteiger partial charge >= 0.3 is 0 Å². The van der Waals surface area contributed by atoms with Crippen molar-refractivity contribution >= 4 is 5.69 Å². The van der Waals surface area contributed by atoms with Crippen molar-refractivity contribution in [1.82, 2.24) is 5.32 Å². The van der Waals surface area contributed by atoms with Gasteiger partial charge in [0.25, 0.3) is 0 Å². The Morgan fingerprint density at radius 1 is 1.31 bits per heavy atom. The molecule has 2 aliphatic rings. The fourth-order valence-electron chi connectivity index (χ4n) is 2.47. The van der Waals surface area contributed by atoms with E-state index in [2.05, 4.69) is 28.8 Å². The molecule has 3 heteroatoms. The van der Waals surface area contributed by atoms with Gasteiger partial charge in [-0.2, -0.15) is 0 Å². The summed E-state index contributed by atoms with van der Waals surface area (Å²) in [5.41, 5.74) is 2.66. The highest BCUT2D eigenvalue weighted by Crippen LogP contribution is 2.26. The molecule has 0 aromatic heterocycles. The Bertz CT molecular complexity index is 372. The van der Waals surface area contributed by atoms with Crippen LogP contribution in [0.1, 0.15) is 18.4 Å². The lowest BCUT2D eigenvalue weighted by atomic mass is 10.1. The van der Waals surface area contributed by atoms with Crippen molar-refractivity contribution < 1.29 is 4.74 Å². The molecule has 0 amide bonds. The number of nitrogens with one attached hydrogen (secondary N) is 2. The maximum Gasteiger partial charge on any atom is 0.119 e. The van der Waals surface area contributed by atoms with Gasteiger partial charge in [0.1, 0.15) is 12.4 Å². The highest BCUT2D eigenvalue weighted by Gasteiger charge is 2.15. The van der Waals surface area contributed by atoms with Gasteiger partial charge in [-0.25, -0.2) is 0 Å². The molecule has 0 spiro atoms. The highest BCUT2D eigenvalue weighted by atomic mass is 16.5. The first kappa shape index (κ1) is 9.97. The lowest BCUT2D eigenvalue weighted by Crippen LogP contribution is -2.28. The van der Waals surface area contributed by atoms with Gasteiger partial charge in [-0.15, -0.1) is 0 Å². The Hall–Kier alpha value is -1.22. The van der Waals surface area contributed by atoms with E-state index >= 15 is 0 Å². The predicted octanol–water partition coefficient (Wildman–Crippen LogP) is 1.79. The minimum absolute atomic E-state index is 0.548. The molecule has 2 aliphatic heterocycles. The molecule has 3 nitrogen and oxygen atoms in total. The van der Waals surface area contributed by atoms with Crippen molar-refractivity contribution in [2.45, 2.75) is 25.3 Å². The largest absolute Gasteiger partial charge is 0.492 e. The van der Waals surface area contributed by atoms with Crippen molar-refractivity contribution in [2.24, 2.45) is 0 Å². The van der Waals surface area contributed by atoms with E-state index in [0.717, 1.165) is 31.9 Å². The van der Waals surface area contributed by atoms with Crippen LogP contribution in [0.25, 0.3) is 0 Å². The third kappa shape index (κ3) is 2.00. The van der Waals surface area contributed by atoms with Crippen molar-refractivity contribution in [2.75, 3.05) is 25.0 Å². The first-order valence-electron chi connectivity index (χ1n) is 6.15. The third-order valence-electron chi connectivity index (χ3n) is 3.40. The standard InChI is InChI=1S/C13H18N2O/c1-2-11(14-6-1)9-16-12-3-4-13-10(8-12)5-7-15-13/h3-4,8,11,14-15H,1-2,5-7,9H2. The summed E-state index contributed by atoms with van der Waals surface area (Å²) in [6.07, 6.45) is 3.64. The molecule has 1 saturated heterocycles. The number of rotatable bonds is 3. The van der Waals surface area contributed by atoms with Gasteiger partial charge in [-0.05, 0) is 49.6 Å². The molecule has 1 aromatic carbocycles. The molecule has 0 saturated carbocycles. The topological polar surface area (TPSA) is 33.3 Å². The van der Waals surface area contributed by atoms with E-state index < -0.39 is 0 Å². The zero-order valence-electron chi connectivity index (χ0n) is 9.46. The Morgan fingerprint density at radius 2 is 2.31 bits per heavy atom. The Kier molecular flexibility index (Phi) is 2.70. The number of hydrogen-bond acceptors (Lipinski definition) is 3. The van der Waals surface area contributed by atoms with Crippen LogP contribution in [-0.4, -0.2) is 25.7 Å². The average Bonchev–Trinajstić information content (AvgIpc) is 2.97. The first-order chi connectivity index (χ1) is 7.92. The monoisotopic (exact) mass is 218 g/mol. The van der Waals surface area contributed by atoms with Crippen molar-refractivity contribution in [3.63, 3.8) is 0 Å².